The van der Waals surface area contributed by atoms with Crippen molar-refractivity contribution in [3.8, 4) is 0 Å². The predicted molar refractivity (Wildman–Crippen MR) is 97.6 cm³/mol. The molecule has 0 fully saturated rings. The molecule has 0 atom stereocenters. The zero-order valence-corrected chi connectivity index (χ0v) is 13.4. The van der Waals surface area contributed by atoms with Crippen LogP contribution in [0.1, 0.15) is 17.5 Å². The Kier molecular flexibility index (Phi) is 3.83. The summed E-state index contributed by atoms with van der Waals surface area (Å²) in [6.45, 7) is 0.806. The van der Waals surface area contributed by atoms with Crippen LogP contribution in [0.3, 0.4) is 0 Å². The third kappa shape index (κ3) is 2.69. The van der Waals surface area contributed by atoms with E-state index in [1.807, 2.05) is 59.5 Å². The number of nitrogens with zero attached hydrogens (tertiary/aromatic N) is 2. The first-order valence-corrected chi connectivity index (χ1v) is 8.17. The van der Waals surface area contributed by atoms with Gasteiger partial charge >= 0.3 is 0 Å². The molecule has 0 N–H and O–H groups in total. The van der Waals surface area contributed by atoms with Crippen molar-refractivity contribution >= 4 is 17.3 Å². The molecule has 0 saturated carbocycles. The minimum Gasteiger partial charge on any atom is -0.306 e. The molecular formula is C21H18N2O. The molecule has 0 unspecified atom stereocenters. The molecule has 1 heterocycles. The number of benzene rings is 2. The summed E-state index contributed by atoms with van der Waals surface area (Å²) in [5.41, 5.74) is 5.14. The standard InChI is InChI=1S/C21H18N2O/c24-20-14-22-21(17-10-2-1-3-11-17)18-12-6-7-13-19(18)23(20)15-16-8-4-5-9-16/h1-8,10-13H,9,14-15H2. The molecule has 4 rings (SSSR count). The lowest BCUT2D eigenvalue weighted by atomic mass is 10.00. The van der Waals surface area contributed by atoms with Crippen molar-refractivity contribution in [1.82, 2.24) is 0 Å². The first-order chi connectivity index (χ1) is 11.8. The molecule has 118 valence electrons. The van der Waals surface area contributed by atoms with Gasteiger partial charge in [0, 0.05) is 17.7 Å². The van der Waals surface area contributed by atoms with Gasteiger partial charge in [0.2, 0.25) is 5.91 Å². The van der Waals surface area contributed by atoms with Gasteiger partial charge in [0.25, 0.3) is 0 Å². The van der Waals surface area contributed by atoms with Gasteiger partial charge in [-0.05, 0) is 18.1 Å². The Morgan fingerprint density at radius 2 is 1.79 bits per heavy atom. The maximum atomic E-state index is 12.7. The highest BCUT2D eigenvalue weighted by Gasteiger charge is 2.25. The van der Waals surface area contributed by atoms with Crippen molar-refractivity contribution in [2.45, 2.75) is 6.42 Å². The number of allylic oxidation sites excluding steroid dienone is 3. The van der Waals surface area contributed by atoms with Crippen molar-refractivity contribution in [3.63, 3.8) is 0 Å². The van der Waals surface area contributed by atoms with Gasteiger partial charge in [-0.3, -0.25) is 9.79 Å². The summed E-state index contributed by atoms with van der Waals surface area (Å²) in [5, 5.41) is 0. The summed E-state index contributed by atoms with van der Waals surface area (Å²) in [6, 6.07) is 18.1. The zero-order valence-electron chi connectivity index (χ0n) is 13.4. The Balaban J connectivity index is 1.78. The van der Waals surface area contributed by atoms with Gasteiger partial charge in [-0.25, -0.2) is 0 Å². The summed E-state index contributed by atoms with van der Waals surface area (Å²) in [5.74, 6) is 0.0428. The van der Waals surface area contributed by atoms with E-state index in [4.69, 9.17) is 0 Å². The molecule has 0 spiro atoms. The number of hydrogen-bond donors (Lipinski definition) is 0. The number of para-hydroxylation sites is 1. The van der Waals surface area contributed by atoms with E-state index in [0.29, 0.717) is 6.54 Å². The molecule has 0 radical (unpaired) electrons. The second-order valence-electron chi connectivity index (χ2n) is 5.99. The summed E-state index contributed by atoms with van der Waals surface area (Å²) in [4.78, 5) is 19.2. The van der Waals surface area contributed by atoms with Gasteiger partial charge in [-0.2, -0.15) is 0 Å². The second-order valence-corrected chi connectivity index (χ2v) is 5.99. The molecule has 2 aromatic carbocycles. The fraction of sp³-hybridized carbons (Fsp3) is 0.143. The van der Waals surface area contributed by atoms with Gasteiger partial charge < -0.3 is 4.90 Å². The maximum absolute atomic E-state index is 12.7. The maximum Gasteiger partial charge on any atom is 0.248 e. The van der Waals surface area contributed by atoms with Crippen LogP contribution in [0.25, 0.3) is 0 Å². The first kappa shape index (κ1) is 14.6. The zero-order chi connectivity index (χ0) is 16.4. The monoisotopic (exact) mass is 314 g/mol. The van der Waals surface area contributed by atoms with E-state index in [-0.39, 0.29) is 12.5 Å². The molecule has 2 aliphatic rings. The third-order valence-electron chi connectivity index (χ3n) is 4.38. The number of fused-ring (bicyclic) bond motifs is 1. The van der Waals surface area contributed by atoms with Gasteiger partial charge in [-0.1, -0.05) is 66.8 Å². The van der Waals surface area contributed by atoms with E-state index in [9.17, 15) is 4.79 Å². The largest absolute Gasteiger partial charge is 0.306 e. The average Bonchev–Trinajstić information content (AvgIpc) is 3.10. The minimum atomic E-state index is 0.0428. The highest BCUT2D eigenvalue weighted by atomic mass is 16.2. The molecule has 1 amide bonds. The van der Waals surface area contributed by atoms with Crippen LogP contribution >= 0.6 is 0 Å². The molecule has 0 saturated heterocycles. The number of anilines is 1. The number of benzodiazepines with no additional fused rings is 1. The Hall–Kier alpha value is -2.94. The van der Waals surface area contributed by atoms with Gasteiger partial charge in [0.15, 0.2) is 0 Å². The van der Waals surface area contributed by atoms with Crippen LogP contribution < -0.4 is 4.90 Å². The van der Waals surface area contributed by atoms with E-state index in [2.05, 4.69) is 23.2 Å². The molecule has 3 heteroatoms. The molecule has 2 aromatic rings. The average molecular weight is 314 g/mol. The molecule has 1 aliphatic carbocycles. The fourth-order valence-electron chi connectivity index (χ4n) is 3.19. The summed E-state index contributed by atoms with van der Waals surface area (Å²) in [7, 11) is 0. The molecule has 24 heavy (non-hydrogen) atoms. The van der Waals surface area contributed by atoms with Crippen LogP contribution in [0, 0.1) is 0 Å². The van der Waals surface area contributed by atoms with Crippen molar-refractivity contribution in [2.75, 3.05) is 18.0 Å². The molecule has 1 aliphatic heterocycles. The van der Waals surface area contributed by atoms with Crippen molar-refractivity contribution in [2.24, 2.45) is 4.99 Å². The van der Waals surface area contributed by atoms with Crippen LogP contribution in [0.5, 0.6) is 0 Å². The second kappa shape index (κ2) is 6.28. The summed E-state index contributed by atoms with van der Waals surface area (Å²) >= 11 is 0. The number of amides is 1. The molecule has 0 aromatic heterocycles. The quantitative estimate of drug-likeness (QED) is 0.849. The Bertz CT molecular complexity index is 862. The number of hydrogen-bond acceptors (Lipinski definition) is 2. The number of aliphatic imine (C=N–C) groups is 1. The number of rotatable bonds is 3. The Labute approximate surface area is 141 Å². The topological polar surface area (TPSA) is 32.7 Å². The van der Waals surface area contributed by atoms with Crippen LogP contribution in [-0.2, 0) is 4.79 Å². The number of carbonyl (C=O) groups is 1. The lowest BCUT2D eigenvalue weighted by molar-refractivity contribution is -0.117. The minimum absolute atomic E-state index is 0.0428. The normalized spacial score (nSPS) is 16.5. The highest BCUT2D eigenvalue weighted by Crippen LogP contribution is 2.28. The smallest absolute Gasteiger partial charge is 0.248 e. The van der Waals surface area contributed by atoms with Crippen LogP contribution in [0.2, 0.25) is 0 Å². The molecule has 3 nitrogen and oxygen atoms in total. The van der Waals surface area contributed by atoms with Crippen molar-refractivity contribution in [1.29, 1.82) is 0 Å². The third-order valence-corrected chi connectivity index (χ3v) is 4.38. The van der Waals surface area contributed by atoms with Gasteiger partial charge in [0.1, 0.15) is 6.54 Å². The van der Waals surface area contributed by atoms with E-state index >= 15 is 0 Å². The predicted octanol–water partition coefficient (Wildman–Crippen LogP) is 3.76. The lowest BCUT2D eigenvalue weighted by Crippen LogP contribution is -2.34. The fourth-order valence-corrected chi connectivity index (χ4v) is 3.19. The molecule has 0 bridgehead atoms. The van der Waals surface area contributed by atoms with Crippen LogP contribution in [0.15, 0.2) is 83.4 Å². The van der Waals surface area contributed by atoms with E-state index in [0.717, 1.165) is 28.9 Å². The number of carbonyl (C=O) groups excluding carboxylic acids is 1. The van der Waals surface area contributed by atoms with E-state index in [1.165, 1.54) is 5.57 Å². The SMILES string of the molecule is O=C1CN=C(c2ccccc2)c2ccccc2N1CC1=CC=CC1. The first-order valence-electron chi connectivity index (χ1n) is 8.17. The highest BCUT2D eigenvalue weighted by molar-refractivity contribution is 6.19. The summed E-state index contributed by atoms with van der Waals surface area (Å²) in [6.07, 6.45) is 7.18. The van der Waals surface area contributed by atoms with Crippen LogP contribution in [0.4, 0.5) is 5.69 Å². The Morgan fingerprint density at radius 3 is 2.58 bits per heavy atom. The lowest BCUT2D eigenvalue weighted by Gasteiger charge is -2.23. The van der Waals surface area contributed by atoms with Crippen LogP contribution in [-0.4, -0.2) is 24.7 Å². The van der Waals surface area contributed by atoms with Crippen molar-refractivity contribution < 1.29 is 4.79 Å². The summed E-state index contributed by atoms with van der Waals surface area (Å²) < 4.78 is 0. The van der Waals surface area contributed by atoms with E-state index in [1.54, 1.807) is 0 Å². The van der Waals surface area contributed by atoms with Gasteiger partial charge in [0.05, 0.1) is 11.4 Å². The Morgan fingerprint density at radius 1 is 1.00 bits per heavy atom. The van der Waals surface area contributed by atoms with E-state index < -0.39 is 0 Å². The van der Waals surface area contributed by atoms with Crippen molar-refractivity contribution in [3.05, 3.63) is 89.5 Å². The van der Waals surface area contributed by atoms with Gasteiger partial charge in [-0.15, -0.1) is 0 Å². The molecular weight excluding hydrogens is 296 g/mol.